The molecule has 0 radical (unpaired) electrons. The van der Waals surface area contributed by atoms with Crippen molar-refractivity contribution in [3.63, 3.8) is 0 Å². The van der Waals surface area contributed by atoms with Gasteiger partial charge >= 0.3 is 0 Å². The number of benzene rings is 2. The van der Waals surface area contributed by atoms with Gasteiger partial charge in [0.2, 0.25) is 5.91 Å². The van der Waals surface area contributed by atoms with Crippen molar-refractivity contribution in [2.45, 2.75) is 20.3 Å². The van der Waals surface area contributed by atoms with E-state index in [0.29, 0.717) is 30.5 Å². The number of rotatable bonds is 7. The molecule has 0 fully saturated rings. The lowest BCUT2D eigenvalue weighted by Crippen LogP contribution is -2.23. The van der Waals surface area contributed by atoms with E-state index in [-0.39, 0.29) is 29.9 Å². The molecular formula is C19H25IN4O2. The zero-order valence-corrected chi connectivity index (χ0v) is 17.3. The van der Waals surface area contributed by atoms with Gasteiger partial charge in [-0.15, -0.1) is 24.0 Å². The molecule has 0 atom stereocenters. The molecule has 0 aliphatic carbocycles. The maximum absolute atomic E-state index is 11.1. The van der Waals surface area contributed by atoms with E-state index in [4.69, 9.17) is 10.5 Å². The number of aryl methyl sites for hydroxylation is 1. The first-order valence-corrected chi connectivity index (χ1v) is 8.23. The Labute approximate surface area is 171 Å². The van der Waals surface area contributed by atoms with Crippen molar-refractivity contribution in [3.8, 4) is 5.75 Å². The number of aliphatic imine (C=N–C) groups is 1. The fourth-order valence-corrected chi connectivity index (χ4v) is 2.21. The molecule has 7 heteroatoms. The predicted molar refractivity (Wildman–Crippen MR) is 118 cm³/mol. The highest BCUT2D eigenvalue weighted by molar-refractivity contribution is 14.0. The van der Waals surface area contributed by atoms with E-state index in [9.17, 15) is 4.79 Å². The Morgan fingerprint density at radius 2 is 1.85 bits per heavy atom. The number of ether oxygens (including phenoxy) is 1. The zero-order valence-electron chi connectivity index (χ0n) is 15.0. The zero-order chi connectivity index (χ0) is 18.1. The lowest BCUT2D eigenvalue weighted by atomic mass is 10.1. The number of nitrogens with one attached hydrogen (secondary N) is 2. The summed E-state index contributed by atoms with van der Waals surface area (Å²) in [6, 6.07) is 15.3. The van der Waals surface area contributed by atoms with Crippen LogP contribution in [0.1, 0.15) is 19.4 Å². The SMILES string of the molecule is CCc1ccc(NC(N)=NCCOc2cccc(NC(C)=O)c2)cc1.I. The minimum absolute atomic E-state index is 0. The predicted octanol–water partition coefficient (Wildman–Crippen LogP) is 3.63. The summed E-state index contributed by atoms with van der Waals surface area (Å²) in [5.41, 5.74) is 8.75. The van der Waals surface area contributed by atoms with Gasteiger partial charge in [0.1, 0.15) is 12.4 Å². The Balaban J connectivity index is 0.00000338. The van der Waals surface area contributed by atoms with Crippen molar-refractivity contribution in [1.29, 1.82) is 0 Å². The molecule has 1 amide bonds. The van der Waals surface area contributed by atoms with Crippen LogP contribution in [0.15, 0.2) is 53.5 Å². The third-order valence-corrected chi connectivity index (χ3v) is 3.43. The summed E-state index contributed by atoms with van der Waals surface area (Å²) in [6.45, 7) is 4.40. The van der Waals surface area contributed by atoms with E-state index < -0.39 is 0 Å². The van der Waals surface area contributed by atoms with Crippen LogP contribution in [-0.2, 0) is 11.2 Å². The van der Waals surface area contributed by atoms with Crippen LogP contribution < -0.4 is 21.1 Å². The van der Waals surface area contributed by atoms with Gasteiger partial charge in [0.25, 0.3) is 0 Å². The van der Waals surface area contributed by atoms with Crippen LogP contribution in [0.4, 0.5) is 11.4 Å². The summed E-state index contributed by atoms with van der Waals surface area (Å²) in [7, 11) is 0. The molecular weight excluding hydrogens is 443 g/mol. The highest BCUT2D eigenvalue weighted by Gasteiger charge is 1.99. The summed E-state index contributed by atoms with van der Waals surface area (Å²) in [6.07, 6.45) is 1.00. The lowest BCUT2D eigenvalue weighted by molar-refractivity contribution is -0.114. The standard InChI is InChI=1S/C19H24N4O2.HI/c1-3-15-7-9-16(10-8-15)23-19(20)21-11-12-25-18-6-4-5-17(13-18)22-14(2)24;/h4-10,13H,3,11-12H2,1-2H3,(H,22,24)(H3,20,21,23);1H. The molecule has 2 rings (SSSR count). The summed E-state index contributed by atoms with van der Waals surface area (Å²) >= 11 is 0. The normalized spacial score (nSPS) is 10.6. The van der Waals surface area contributed by atoms with E-state index in [1.807, 2.05) is 24.3 Å². The minimum Gasteiger partial charge on any atom is -0.492 e. The molecule has 0 aromatic heterocycles. The van der Waals surface area contributed by atoms with Crippen molar-refractivity contribution >= 4 is 47.2 Å². The summed E-state index contributed by atoms with van der Waals surface area (Å²) in [5.74, 6) is 0.899. The van der Waals surface area contributed by atoms with Crippen molar-refractivity contribution in [1.82, 2.24) is 0 Å². The van der Waals surface area contributed by atoms with Crippen LogP contribution in [-0.4, -0.2) is 25.0 Å². The number of anilines is 2. The Morgan fingerprint density at radius 3 is 2.50 bits per heavy atom. The third kappa shape index (κ3) is 7.73. The fourth-order valence-electron chi connectivity index (χ4n) is 2.21. The highest BCUT2D eigenvalue weighted by Crippen LogP contribution is 2.17. The molecule has 6 nitrogen and oxygen atoms in total. The van der Waals surface area contributed by atoms with Gasteiger partial charge in [0.05, 0.1) is 6.54 Å². The van der Waals surface area contributed by atoms with Crippen molar-refractivity contribution in [2.75, 3.05) is 23.8 Å². The van der Waals surface area contributed by atoms with Gasteiger partial charge in [-0.25, -0.2) is 4.99 Å². The molecule has 4 N–H and O–H groups in total. The fraction of sp³-hybridized carbons (Fsp3) is 0.263. The topological polar surface area (TPSA) is 88.7 Å². The molecule has 0 aliphatic heterocycles. The average Bonchev–Trinajstić information content (AvgIpc) is 2.59. The maximum Gasteiger partial charge on any atom is 0.221 e. The number of guanidine groups is 1. The highest BCUT2D eigenvalue weighted by atomic mass is 127. The Bertz CT molecular complexity index is 733. The van der Waals surface area contributed by atoms with Crippen LogP contribution in [0.25, 0.3) is 0 Å². The van der Waals surface area contributed by atoms with E-state index in [1.165, 1.54) is 12.5 Å². The first kappa shape index (κ1) is 21.8. The van der Waals surface area contributed by atoms with Gasteiger partial charge < -0.3 is 21.1 Å². The van der Waals surface area contributed by atoms with E-state index in [0.717, 1.165) is 12.1 Å². The van der Waals surface area contributed by atoms with Crippen LogP contribution in [0, 0.1) is 0 Å². The number of halogens is 1. The van der Waals surface area contributed by atoms with Gasteiger partial charge in [0.15, 0.2) is 5.96 Å². The van der Waals surface area contributed by atoms with Gasteiger partial charge in [-0.2, -0.15) is 0 Å². The van der Waals surface area contributed by atoms with Crippen molar-refractivity contribution in [2.24, 2.45) is 10.7 Å². The largest absolute Gasteiger partial charge is 0.492 e. The van der Waals surface area contributed by atoms with Gasteiger partial charge in [-0.3, -0.25) is 4.79 Å². The smallest absolute Gasteiger partial charge is 0.221 e. The molecule has 2 aromatic carbocycles. The summed E-state index contributed by atoms with van der Waals surface area (Å²) in [5, 5.41) is 5.76. The van der Waals surface area contributed by atoms with Gasteiger partial charge in [0, 0.05) is 24.4 Å². The Kier molecular flexibility index (Phi) is 9.50. The second-order valence-electron chi connectivity index (χ2n) is 5.50. The Morgan fingerprint density at radius 1 is 1.12 bits per heavy atom. The average molecular weight is 468 g/mol. The van der Waals surface area contributed by atoms with Gasteiger partial charge in [-0.05, 0) is 36.2 Å². The van der Waals surface area contributed by atoms with E-state index in [2.05, 4.69) is 34.7 Å². The molecule has 26 heavy (non-hydrogen) atoms. The van der Waals surface area contributed by atoms with Crippen molar-refractivity contribution < 1.29 is 9.53 Å². The molecule has 0 saturated heterocycles. The Hall–Kier alpha value is -2.29. The second kappa shape index (κ2) is 11.3. The molecule has 0 aliphatic rings. The summed E-state index contributed by atoms with van der Waals surface area (Å²) < 4.78 is 5.62. The van der Waals surface area contributed by atoms with Crippen molar-refractivity contribution in [3.05, 3.63) is 54.1 Å². The first-order chi connectivity index (χ1) is 12.1. The molecule has 2 aromatic rings. The maximum atomic E-state index is 11.1. The number of nitrogens with zero attached hydrogens (tertiary/aromatic N) is 1. The molecule has 0 saturated carbocycles. The van der Waals surface area contributed by atoms with Crippen LogP contribution in [0.5, 0.6) is 5.75 Å². The van der Waals surface area contributed by atoms with Crippen LogP contribution in [0.3, 0.4) is 0 Å². The molecule has 0 spiro atoms. The third-order valence-electron chi connectivity index (χ3n) is 3.43. The molecule has 0 heterocycles. The van der Waals surface area contributed by atoms with E-state index >= 15 is 0 Å². The number of carbonyl (C=O) groups excluding carboxylic acids is 1. The second-order valence-corrected chi connectivity index (χ2v) is 5.50. The quantitative estimate of drug-likeness (QED) is 0.251. The molecule has 0 bridgehead atoms. The van der Waals surface area contributed by atoms with Crippen LogP contribution in [0.2, 0.25) is 0 Å². The van der Waals surface area contributed by atoms with Gasteiger partial charge in [-0.1, -0.05) is 25.1 Å². The first-order valence-electron chi connectivity index (χ1n) is 8.23. The molecule has 0 unspecified atom stereocenters. The summed E-state index contributed by atoms with van der Waals surface area (Å²) in [4.78, 5) is 15.3. The minimum atomic E-state index is -0.118. The number of amides is 1. The number of hydrogen-bond donors (Lipinski definition) is 3. The lowest BCUT2D eigenvalue weighted by Gasteiger charge is -2.08. The number of carbonyl (C=O) groups is 1. The molecule has 140 valence electrons. The van der Waals surface area contributed by atoms with Crippen LogP contribution >= 0.6 is 24.0 Å². The number of nitrogens with two attached hydrogens (primary N) is 1. The monoisotopic (exact) mass is 468 g/mol. The number of hydrogen-bond acceptors (Lipinski definition) is 3. The van der Waals surface area contributed by atoms with E-state index in [1.54, 1.807) is 12.1 Å².